The van der Waals surface area contributed by atoms with Gasteiger partial charge in [-0.25, -0.2) is 0 Å². The second-order valence-corrected chi connectivity index (χ2v) is 5.99. The van der Waals surface area contributed by atoms with E-state index in [1.54, 1.807) is 0 Å². The highest BCUT2D eigenvalue weighted by Crippen LogP contribution is 2.28. The van der Waals surface area contributed by atoms with E-state index in [1.807, 2.05) is 50.2 Å². The van der Waals surface area contributed by atoms with Gasteiger partial charge in [0.2, 0.25) is 0 Å². The summed E-state index contributed by atoms with van der Waals surface area (Å²) in [7, 11) is 0. The van der Waals surface area contributed by atoms with Gasteiger partial charge in [-0.1, -0.05) is 60.7 Å². The van der Waals surface area contributed by atoms with E-state index in [9.17, 15) is 0 Å². The molecule has 0 N–H and O–H groups in total. The molecule has 0 saturated carbocycles. The number of hydrogen-bond acceptors (Lipinski definition) is 3. The minimum Gasteiger partial charge on any atom is -0.366 e. The van der Waals surface area contributed by atoms with Crippen LogP contribution in [-0.4, -0.2) is 25.1 Å². The van der Waals surface area contributed by atoms with Crippen LogP contribution in [0.25, 0.3) is 0 Å². The minimum atomic E-state index is -0.511. The van der Waals surface area contributed by atoms with Gasteiger partial charge in [0, 0.05) is 0 Å². The van der Waals surface area contributed by atoms with Gasteiger partial charge in [-0.2, -0.15) is 0 Å². The fourth-order valence-electron chi connectivity index (χ4n) is 2.69. The number of rotatable bonds is 5. The van der Waals surface area contributed by atoms with E-state index in [0.717, 1.165) is 11.1 Å². The molecule has 0 spiro atoms. The van der Waals surface area contributed by atoms with Crippen LogP contribution < -0.4 is 0 Å². The third kappa shape index (κ3) is 3.74. The Bertz CT molecular complexity index is 541. The summed E-state index contributed by atoms with van der Waals surface area (Å²) >= 11 is 0. The summed E-state index contributed by atoms with van der Waals surface area (Å²) in [6.07, 6.45) is -0.111. The van der Waals surface area contributed by atoms with Crippen LogP contribution >= 0.6 is 0 Å². The first-order valence-electron chi connectivity index (χ1n) is 7.67. The Kier molecular flexibility index (Phi) is 4.57. The Morgan fingerprint density at radius 3 is 2.00 bits per heavy atom. The van der Waals surface area contributed by atoms with Crippen LogP contribution in [0.1, 0.15) is 31.1 Å². The molecule has 1 fully saturated rings. The largest absolute Gasteiger partial charge is 0.366 e. The molecule has 22 heavy (non-hydrogen) atoms. The summed E-state index contributed by atoms with van der Waals surface area (Å²) in [6, 6.07) is 20.5. The average molecular weight is 298 g/mol. The highest BCUT2D eigenvalue weighted by atomic mass is 16.7. The Balaban J connectivity index is 1.73. The third-order valence-electron chi connectivity index (χ3n) is 3.72. The van der Waals surface area contributed by atoms with Crippen molar-refractivity contribution in [2.45, 2.75) is 31.8 Å². The first-order chi connectivity index (χ1) is 10.6. The molecule has 2 aromatic carbocycles. The van der Waals surface area contributed by atoms with Crippen molar-refractivity contribution in [1.82, 2.24) is 0 Å². The van der Waals surface area contributed by atoms with Gasteiger partial charge in [-0.3, -0.25) is 0 Å². The molecule has 2 aromatic rings. The molecule has 1 aliphatic heterocycles. The van der Waals surface area contributed by atoms with Gasteiger partial charge in [0.25, 0.3) is 0 Å². The van der Waals surface area contributed by atoms with Gasteiger partial charge in [-0.05, 0) is 25.0 Å². The summed E-state index contributed by atoms with van der Waals surface area (Å²) in [5, 5.41) is 0. The minimum absolute atomic E-state index is 0.0232. The van der Waals surface area contributed by atoms with Crippen LogP contribution in [0, 0.1) is 0 Å². The molecule has 1 saturated heterocycles. The quantitative estimate of drug-likeness (QED) is 0.836. The van der Waals surface area contributed by atoms with Crippen LogP contribution in [0.4, 0.5) is 0 Å². The Morgan fingerprint density at radius 1 is 1.00 bits per heavy atom. The second kappa shape index (κ2) is 6.61. The normalized spacial score (nSPS) is 20.4. The third-order valence-corrected chi connectivity index (χ3v) is 3.72. The van der Waals surface area contributed by atoms with E-state index in [4.69, 9.17) is 14.2 Å². The fourth-order valence-corrected chi connectivity index (χ4v) is 2.69. The van der Waals surface area contributed by atoms with Crippen LogP contribution in [0.3, 0.4) is 0 Å². The zero-order chi connectivity index (χ0) is 15.4. The smallest absolute Gasteiger partial charge is 0.163 e. The number of ether oxygens (including phenoxy) is 3. The molecule has 0 amide bonds. The fraction of sp³-hybridized carbons (Fsp3) is 0.368. The molecule has 3 nitrogen and oxygen atoms in total. The van der Waals surface area contributed by atoms with Crippen molar-refractivity contribution in [2.75, 3.05) is 13.2 Å². The monoisotopic (exact) mass is 298 g/mol. The Labute approximate surface area is 131 Å². The lowest BCUT2D eigenvalue weighted by Gasteiger charge is -2.22. The SMILES string of the molecule is CC1(C)OCC(COC(c2ccccc2)c2ccccc2)O1. The summed E-state index contributed by atoms with van der Waals surface area (Å²) in [5.74, 6) is -0.511. The van der Waals surface area contributed by atoms with Crippen LogP contribution in [0.15, 0.2) is 60.7 Å². The maximum absolute atomic E-state index is 6.19. The van der Waals surface area contributed by atoms with E-state index in [2.05, 4.69) is 24.3 Å². The van der Waals surface area contributed by atoms with Gasteiger partial charge in [0.1, 0.15) is 12.2 Å². The lowest BCUT2D eigenvalue weighted by atomic mass is 10.0. The molecule has 0 aliphatic carbocycles. The lowest BCUT2D eigenvalue weighted by molar-refractivity contribution is -0.146. The van der Waals surface area contributed by atoms with Crippen molar-refractivity contribution in [2.24, 2.45) is 0 Å². The molecule has 116 valence electrons. The molecule has 1 heterocycles. The Hall–Kier alpha value is -1.68. The van der Waals surface area contributed by atoms with Crippen molar-refractivity contribution in [3.8, 4) is 0 Å². The summed E-state index contributed by atoms with van der Waals surface area (Å²) in [4.78, 5) is 0. The zero-order valence-corrected chi connectivity index (χ0v) is 13.1. The van der Waals surface area contributed by atoms with Gasteiger partial charge in [0.15, 0.2) is 5.79 Å². The summed E-state index contributed by atoms with van der Waals surface area (Å²) in [5.41, 5.74) is 2.29. The van der Waals surface area contributed by atoms with Crippen molar-refractivity contribution in [1.29, 1.82) is 0 Å². The number of hydrogen-bond donors (Lipinski definition) is 0. The second-order valence-electron chi connectivity index (χ2n) is 5.99. The highest BCUT2D eigenvalue weighted by Gasteiger charge is 2.33. The topological polar surface area (TPSA) is 27.7 Å². The zero-order valence-electron chi connectivity index (χ0n) is 13.1. The predicted octanol–water partition coefficient (Wildman–Crippen LogP) is 3.94. The van der Waals surface area contributed by atoms with Gasteiger partial charge >= 0.3 is 0 Å². The molecular weight excluding hydrogens is 276 g/mol. The molecule has 0 bridgehead atoms. The number of benzene rings is 2. The standard InChI is InChI=1S/C19H22O3/c1-19(2)21-14-17(22-19)13-20-18(15-9-5-3-6-10-15)16-11-7-4-8-12-16/h3-12,17-18H,13-14H2,1-2H3. The van der Waals surface area contributed by atoms with Crippen LogP contribution in [0.2, 0.25) is 0 Å². The lowest BCUT2D eigenvalue weighted by Crippen LogP contribution is -2.25. The average Bonchev–Trinajstić information content (AvgIpc) is 2.89. The maximum atomic E-state index is 6.19. The van der Waals surface area contributed by atoms with Crippen LogP contribution in [-0.2, 0) is 14.2 Å². The van der Waals surface area contributed by atoms with Crippen molar-refractivity contribution >= 4 is 0 Å². The van der Waals surface area contributed by atoms with E-state index in [1.165, 1.54) is 0 Å². The van der Waals surface area contributed by atoms with Gasteiger partial charge in [0.05, 0.1) is 13.2 Å². The molecule has 1 unspecified atom stereocenters. The molecule has 3 heteroatoms. The predicted molar refractivity (Wildman–Crippen MR) is 85.6 cm³/mol. The van der Waals surface area contributed by atoms with Crippen LogP contribution in [0.5, 0.6) is 0 Å². The van der Waals surface area contributed by atoms with Gasteiger partial charge < -0.3 is 14.2 Å². The molecule has 1 aliphatic rings. The summed E-state index contributed by atoms with van der Waals surface area (Å²) < 4.78 is 17.6. The van der Waals surface area contributed by atoms with E-state index >= 15 is 0 Å². The molecule has 3 rings (SSSR count). The summed E-state index contributed by atoms with van der Waals surface area (Å²) in [6.45, 7) is 4.94. The maximum Gasteiger partial charge on any atom is 0.163 e. The molecule has 0 aromatic heterocycles. The van der Waals surface area contributed by atoms with Crippen molar-refractivity contribution in [3.63, 3.8) is 0 Å². The van der Waals surface area contributed by atoms with Crippen molar-refractivity contribution in [3.05, 3.63) is 71.8 Å². The van der Waals surface area contributed by atoms with Crippen molar-refractivity contribution < 1.29 is 14.2 Å². The highest BCUT2D eigenvalue weighted by molar-refractivity contribution is 5.29. The van der Waals surface area contributed by atoms with E-state index in [0.29, 0.717) is 13.2 Å². The van der Waals surface area contributed by atoms with Gasteiger partial charge in [-0.15, -0.1) is 0 Å². The molecule has 1 atom stereocenters. The molecule has 0 radical (unpaired) electrons. The van der Waals surface area contributed by atoms with E-state index < -0.39 is 5.79 Å². The molecular formula is C19H22O3. The van der Waals surface area contributed by atoms with E-state index in [-0.39, 0.29) is 12.2 Å². The Morgan fingerprint density at radius 2 is 1.55 bits per heavy atom. The first kappa shape index (κ1) is 15.2. The first-order valence-corrected chi connectivity index (χ1v) is 7.67.